The first-order valence-corrected chi connectivity index (χ1v) is 13.8. The number of esters is 2. The van der Waals surface area contributed by atoms with Gasteiger partial charge in [0, 0.05) is 15.4 Å². The van der Waals surface area contributed by atoms with Crippen LogP contribution in [0, 0.1) is 26.7 Å². The van der Waals surface area contributed by atoms with Crippen LogP contribution in [0.15, 0.2) is 18.2 Å². The molecular formula is C22H19F6IO8S. The van der Waals surface area contributed by atoms with Crippen LogP contribution in [0.25, 0.3) is 0 Å². The molecule has 0 radical (unpaired) electrons. The Kier molecular flexibility index (Phi) is 7.12. The van der Waals surface area contributed by atoms with E-state index >= 15 is 0 Å². The molecule has 0 heterocycles. The maximum absolute atomic E-state index is 13.6. The van der Waals surface area contributed by atoms with Crippen LogP contribution in [0.1, 0.15) is 42.5 Å². The SMILES string of the molecule is O=C(OC(CS(=O)(=O)O)(C(F)(F)F)C(F)(F)F)c1ccc(I)cc1OC(=O)C12CC3CC(C1)C(=O)C(C3)C2. The number of ketones is 1. The molecule has 0 amide bonds. The van der Waals surface area contributed by atoms with Crippen molar-refractivity contribution in [3.63, 3.8) is 0 Å². The second-order valence-electron chi connectivity index (χ2n) is 9.99. The summed E-state index contributed by atoms with van der Waals surface area (Å²) < 4.78 is 122. The third-order valence-electron chi connectivity index (χ3n) is 7.36. The molecule has 1 N–H and O–H groups in total. The van der Waals surface area contributed by atoms with E-state index in [0.717, 1.165) is 18.2 Å². The molecule has 0 aromatic heterocycles. The zero-order valence-electron chi connectivity index (χ0n) is 19.1. The number of carbonyl (C=O) groups is 3. The first-order valence-electron chi connectivity index (χ1n) is 11.1. The van der Waals surface area contributed by atoms with Crippen LogP contribution >= 0.6 is 22.6 Å². The fourth-order valence-electron chi connectivity index (χ4n) is 5.89. The zero-order valence-corrected chi connectivity index (χ0v) is 22.0. The molecule has 2 unspecified atom stereocenters. The van der Waals surface area contributed by atoms with E-state index in [1.165, 1.54) is 0 Å². The molecule has 210 valence electrons. The van der Waals surface area contributed by atoms with Crippen LogP contribution in [0.3, 0.4) is 0 Å². The van der Waals surface area contributed by atoms with E-state index in [-0.39, 0.29) is 36.4 Å². The third-order valence-corrected chi connectivity index (χ3v) is 8.80. The van der Waals surface area contributed by atoms with Gasteiger partial charge < -0.3 is 9.47 Å². The van der Waals surface area contributed by atoms with Crippen molar-refractivity contribution in [2.45, 2.75) is 50.1 Å². The molecule has 4 bridgehead atoms. The molecule has 0 saturated heterocycles. The highest BCUT2D eigenvalue weighted by molar-refractivity contribution is 14.1. The van der Waals surface area contributed by atoms with Gasteiger partial charge in [-0.15, -0.1) is 0 Å². The Balaban J connectivity index is 1.68. The second kappa shape index (κ2) is 9.31. The maximum atomic E-state index is 13.6. The third kappa shape index (κ3) is 5.14. The standard InChI is InChI=1S/C22H19F6IO8S/c23-21(24,25)20(22(26,27)28,9-38(33,34)35)37-17(31)14-2-1-13(29)5-15(14)36-18(32)19-6-10-3-11(7-19)16(30)12(4-10)8-19/h1-2,5,10-12H,3-4,6-9H2,(H,33,34,35). The van der Waals surface area contributed by atoms with Gasteiger partial charge in [-0.2, -0.15) is 34.8 Å². The first-order chi connectivity index (χ1) is 17.3. The summed E-state index contributed by atoms with van der Waals surface area (Å²) in [6.07, 6.45) is -11.0. The number of halogens is 7. The van der Waals surface area contributed by atoms with Gasteiger partial charge in [-0.05, 0) is 78.8 Å². The van der Waals surface area contributed by atoms with Gasteiger partial charge in [0.05, 0.1) is 5.41 Å². The molecule has 38 heavy (non-hydrogen) atoms. The van der Waals surface area contributed by atoms with Crippen LogP contribution in [0.4, 0.5) is 26.3 Å². The van der Waals surface area contributed by atoms with Crippen molar-refractivity contribution >= 4 is 50.4 Å². The van der Waals surface area contributed by atoms with Crippen molar-refractivity contribution in [3.05, 3.63) is 27.3 Å². The van der Waals surface area contributed by atoms with E-state index in [9.17, 15) is 49.1 Å². The van der Waals surface area contributed by atoms with Crippen molar-refractivity contribution in [2.24, 2.45) is 23.2 Å². The lowest BCUT2D eigenvalue weighted by molar-refractivity contribution is -0.356. The number of alkyl halides is 6. The summed E-state index contributed by atoms with van der Waals surface area (Å²) in [6, 6.07) is 2.90. The van der Waals surface area contributed by atoms with E-state index in [0.29, 0.717) is 22.8 Å². The summed E-state index contributed by atoms with van der Waals surface area (Å²) in [7, 11) is -5.97. The largest absolute Gasteiger partial charge is 0.438 e. The molecule has 5 rings (SSSR count). The van der Waals surface area contributed by atoms with Gasteiger partial charge in [-0.3, -0.25) is 14.1 Å². The lowest BCUT2D eigenvalue weighted by Crippen LogP contribution is -2.63. The first kappa shape index (κ1) is 29.0. The highest BCUT2D eigenvalue weighted by Gasteiger charge is 2.76. The van der Waals surface area contributed by atoms with E-state index in [1.807, 2.05) is 0 Å². The number of rotatable bonds is 6. The molecule has 4 aliphatic rings. The van der Waals surface area contributed by atoms with Gasteiger partial charge in [0.1, 0.15) is 22.8 Å². The average molecular weight is 684 g/mol. The van der Waals surface area contributed by atoms with Gasteiger partial charge in [-0.1, -0.05) is 0 Å². The van der Waals surface area contributed by atoms with E-state index in [2.05, 4.69) is 4.74 Å². The molecule has 1 aromatic carbocycles. The summed E-state index contributed by atoms with van der Waals surface area (Å²) in [5.41, 5.74) is -7.72. The van der Waals surface area contributed by atoms with Crippen molar-refractivity contribution in [1.82, 2.24) is 0 Å². The topological polar surface area (TPSA) is 124 Å². The van der Waals surface area contributed by atoms with E-state index in [1.54, 1.807) is 22.6 Å². The van der Waals surface area contributed by atoms with E-state index < -0.39 is 62.5 Å². The minimum Gasteiger partial charge on any atom is -0.434 e. The number of hydrogen-bond donors (Lipinski definition) is 1. The molecule has 0 spiro atoms. The van der Waals surface area contributed by atoms with Crippen molar-refractivity contribution in [1.29, 1.82) is 0 Å². The van der Waals surface area contributed by atoms with Gasteiger partial charge in [-0.25, -0.2) is 4.79 Å². The molecule has 0 aliphatic heterocycles. The van der Waals surface area contributed by atoms with Crippen molar-refractivity contribution in [2.75, 3.05) is 5.75 Å². The summed E-state index contributed by atoms with van der Waals surface area (Å²) in [4.78, 5) is 38.4. The quantitative estimate of drug-likeness (QED) is 0.153. The number of hydrogen-bond acceptors (Lipinski definition) is 7. The minimum atomic E-state index is -6.51. The minimum absolute atomic E-state index is 0.0531. The normalized spacial score (nSPS) is 27.4. The predicted octanol–water partition coefficient (Wildman–Crippen LogP) is 4.50. The van der Waals surface area contributed by atoms with Gasteiger partial charge >= 0.3 is 29.9 Å². The smallest absolute Gasteiger partial charge is 0.434 e. The van der Waals surface area contributed by atoms with Gasteiger partial charge in [0.2, 0.25) is 0 Å². The van der Waals surface area contributed by atoms with Crippen LogP contribution in [0.5, 0.6) is 5.75 Å². The Morgan fingerprint density at radius 2 is 1.58 bits per heavy atom. The van der Waals surface area contributed by atoms with Crippen LogP contribution in [0.2, 0.25) is 0 Å². The Labute approximate surface area is 225 Å². The number of Topliss-reactive ketones (excluding diaryl/α,β-unsaturated/α-hetero) is 1. The van der Waals surface area contributed by atoms with Crippen LogP contribution < -0.4 is 4.74 Å². The van der Waals surface area contributed by atoms with Gasteiger partial charge in [0.15, 0.2) is 0 Å². The van der Waals surface area contributed by atoms with Crippen molar-refractivity contribution < 1.29 is 63.2 Å². The summed E-state index contributed by atoms with van der Waals surface area (Å²) >= 11 is 1.70. The Morgan fingerprint density at radius 3 is 2.08 bits per heavy atom. The Bertz CT molecular complexity index is 1260. The predicted molar refractivity (Wildman–Crippen MR) is 122 cm³/mol. The molecule has 4 fully saturated rings. The number of carbonyl (C=O) groups excluding carboxylic acids is 3. The molecular weight excluding hydrogens is 665 g/mol. The van der Waals surface area contributed by atoms with Crippen LogP contribution in [-0.4, -0.2) is 54.4 Å². The highest BCUT2D eigenvalue weighted by atomic mass is 127. The molecule has 16 heteroatoms. The summed E-state index contributed by atoms with van der Waals surface area (Å²) in [5.74, 6) is -7.48. The second-order valence-corrected chi connectivity index (χ2v) is 12.7. The van der Waals surface area contributed by atoms with E-state index in [4.69, 9.17) is 9.29 Å². The Morgan fingerprint density at radius 1 is 1.03 bits per heavy atom. The number of ether oxygens (including phenoxy) is 2. The molecule has 2 atom stereocenters. The monoisotopic (exact) mass is 684 g/mol. The highest BCUT2D eigenvalue weighted by Crippen LogP contribution is 2.59. The summed E-state index contributed by atoms with van der Waals surface area (Å²) in [6.45, 7) is 0. The average Bonchev–Trinajstić information content (AvgIpc) is 2.73. The fourth-order valence-corrected chi connectivity index (χ4v) is 7.26. The molecule has 4 aliphatic carbocycles. The lowest BCUT2D eigenvalue weighted by Gasteiger charge is -2.53. The molecule has 8 nitrogen and oxygen atoms in total. The fraction of sp³-hybridized carbons (Fsp3) is 0.591. The zero-order chi connectivity index (χ0) is 28.5. The summed E-state index contributed by atoms with van der Waals surface area (Å²) in [5, 5.41) is 0. The number of benzene rings is 1. The molecule has 4 saturated carbocycles. The van der Waals surface area contributed by atoms with Gasteiger partial charge in [0.25, 0.3) is 10.1 Å². The van der Waals surface area contributed by atoms with Crippen LogP contribution in [-0.2, 0) is 24.4 Å². The molecule has 1 aromatic rings. The lowest BCUT2D eigenvalue weighted by atomic mass is 9.49. The maximum Gasteiger partial charge on any atom is 0.438 e. The van der Waals surface area contributed by atoms with Crippen molar-refractivity contribution in [3.8, 4) is 5.75 Å². The Hall–Kier alpha value is -1.95.